The van der Waals surface area contributed by atoms with E-state index in [0.29, 0.717) is 4.90 Å². The summed E-state index contributed by atoms with van der Waals surface area (Å²) in [6, 6.07) is 2.32. The van der Waals surface area contributed by atoms with Crippen LogP contribution in [0.15, 0.2) is 17.0 Å². The minimum atomic E-state index is -3.28. The monoisotopic (exact) mass is 371 g/mol. The van der Waals surface area contributed by atoms with E-state index in [9.17, 15) is 23.7 Å². The number of hydrogen-bond donors (Lipinski definition) is 2. The van der Waals surface area contributed by atoms with Crippen molar-refractivity contribution in [3.63, 3.8) is 0 Å². The van der Waals surface area contributed by atoms with Crippen LogP contribution in [0.2, 0.25) is 0 Å². The fraction of sp³-hybridized carbons (Fsp3) is 0.417. The molecule has 1 aromatic rings. The summed E-state index contributed by atoms with van der Waals surface area (Å²) < 4.78 is 31.1. The van der Waals surface area contributed by atoms with Gasteiger partial charge in [0.05, 0.1) is 36.1 Å². The summed E-state index contributed by atoms with van der Waals surface area (Å²) in [4.78, 5) is 22.7. The van der Waals surface area contributed by atoms with Crippen molar-refractivity contribution >= 4 is 35.8 Å². The van der Waals surface area contributed by atoms with Crippen LogP contribution in [0.4, 0.5) is 14.5 Å². The van der Waals surface area contributed by atoms with Gasteiger partial charge in [-0.2, -0.15) is 0 Å². The predicted molar refractivity (Wildman–Crippen MR) is 85.0 cm³/mol. The number of halogens is 3. The molecule has 0 bridgehead atoms. The molecule has 11 heteroatoms. The molecule has 130 valence electrons. The van der Waals surface area contributed by atoms with Crippen molar-refractivity contribution in [2.24, 2.45) is 5.73 Å². The highest BCUT2D eigenvalue weighted by Crippen LogP contribution is 2.34. The average Bonchev–Trinajstić information content (AvgIpc) is 2.51. The number of ether oxygens (including phenoxy) is 1. The van der Waals surface area contributed by atoms with Crippen LogP contribution >= 0.6 is 24.2 Å². The molecular weight excluding hydrogens is 356 g/mol. The maximum atomic E-state index is 13.1. The van der Waals surface area contributed by atoms with Crippen LogP contribution in [0.5, 0.6) is 5.75 Å². The Labute approximate surface area is 141 Å². The summed E-state index contributed by atoms with van der Waals surface area (Å²) in [5.41, 5.74) is 4.02. The molecule has 0 aromatic heterocycles. The lowest BCUT2D eigenvalue weighted by atomic mass is 10.1. The lowest BCUT2D eigenvalue weighted by Gasteiger charge is -2.15. The van der Waals surface area contributed by atoms with E-state index in [-0.39, 0.29) is 23.7 Å². The second-order valence-electron chi connectivity index (χ2n) is 4.22. The fourth-order valence-corrected chi connectivity index (χ4v) is 2.16. The molecule has 7 nitrogen and oxygen atoms in total. The first-order chi connectivity index (χ1) is 10.3. The van der Waals surface area contributed by atoms with E-state index >= 15 is 0 Å². The number of carbonyl (C=O) groups excluding carboxylic acids is 1. The van der Waals surface area contributed by atoms with Crippen LogP contribution in [0, 0.1) is 10.1 Å². The molecule has 1 amide bonds. The van der Waals surface area contributed by atoms with Crippen LogP contribution in [0.1, 0.15) is 10.4 Å². The Balaban J connectivity index is 0.00000484. The number of methoxy groups -OCH3 is 1. The number of nitrogens with two attached hydrogens (primary N) is 1. The molecule has 23 heavy (non-hydrogen) atoms. The van der Waals surface area contributed by atoms with Crippen molar-refractivity contribution < 1.29 is 23.2 Å². The standard InChI is InChI=1S/C12H15F2N3O4S.ClH/c1-21-9-4-8(17(19)20)7(3-10(9)22-2)11(18)16-6-12(13,14)5-15;/h3-4H,5-6,15H2,1-2H3,(H,16,18);1H. The lowest BCUT2D eigenvalue weighted by molar-refractivity contribution is -0.385. The molecule has 0 aliphatic rings. The summed E-state index contributed by atoms with van der Waals surface area (Å²) in [7, 11) is 1.33. The Kier molecular flexibility index (Phi) is 8.21. The van der Waals surface area contributed by atoms with E-state index in [1.165, 1.54) is 24.9 Å². The van der Waals surface area contributed by atoms with Crippen molar-refractivity contribution in [2.75, 3.05) is 26.5 Å². The molecule has 0 saturated heterocycles. The van der Waals surface area contributed by atoms with Crippen LogP contribution in [-0.2, 0) is 0 Å². The van der Waals surface area contributed by atoms with E-state index in [1.807, 2.05) is 5.32 Å². The first-order valence-electron chi connectivity index (χ1n) is 6.02. The van der Waals surface area contributed by atoms with Crippen LogP contribution in [0.25, 0.3) is 0 Å². The second-order valence-corrected chi connectivity index (χ2v) is 5.07. The van der Waals surface area contributed by atoms with E-state index in [2.05, 4.69) is 0 Å². The first kappa shape index (κ1) is 21.4. The highest BCUT2D eigenvalue weighted by Gasteiger charge is 2.29. The van der Waals surface area contributed by atoms with Crippen LogP contribution < -0.4 is 15.8 Å². The number of rotatable bonds is 7. The first-order valence-corrected chi connectivity index (χ1v) is 7.24. The number of amides is 1. The van der Waals surface area contributed by atoms with Gasteiger partial charge >= 0.3 is 0 Å². The molecule has 0 saturated carbocycles. The maximum Gasteiger partial charge on any atom is 0.285 e. The van der Waals surface area contributed by atoms with Gasteiger partial charge in [-0.25, -0.2) is 8.78 Å². The molecule has 1 rings (SSSR count). The number of nitrogens with one attached hydrogen (secondary N) is 1. The lowest BCUT2D eigenvalue weighted by Crippen LogP contribution is -2.41. The zero-order valence-electron chi connectivity index (χ0n) is 12.3. The number of thioether (sulfide) groups is 1. The molecule has 0 atom stereocenters. The fourth-order valence-electron chi connectivity index (χ4n) is 1.58. The number of hydrogen-bond acceptors (Lipinski definition) is 6. The van der Waals surface area contributed by atoms with Gasteiger partial charge in [-0.1, -0.05) is 0 Å². The largest absolute Gasteiger partial charge is 0.495 e. The third-order valence-corrected chi connectivity index (χ3v) is 3.51. The summed E-state index contributed by atoms with van der Waals surface area (Å²) in [6.45, 7) is -1.94. The molecule has 0 radical (unpaired) electrons. The van der Waals surface area contributed by atoms with Gasteiger partial charge in [-0.05, 0) is 12.3 Å². The van der Waals surface area contributed by atoms with E-state index in [1.54, 1.807) is 6.26 Å². The average molecular weight is 372 g/mol. The minimum absolute atomic E-state index is 0. The van der Waals surface area contributed by atoms with Crippen molar-refractivity contribution in [1.82, 2.24) is 5.32 Å². The number of nitro benzene ring substituents is 1. The van der Waals surface area contributed by atoms with Crippen molar-refractivity contribution in [2.45, 2.75) is 10.8 Å². The zero-order chi connectivity index (χ0) is 16.9. The Bertz CT molecular complexity index is 590. The number of nitro groups is 1. The highest BCUT2D eigenvalue weighted by atomic mass is 35.5. The van der Waals surface area contributed by atoms with E-state index in [4.69, 9.17) is 10.5 Å². The van der Waals surface area contributed by atoms with Gasteiger partial charge in [0, 0.05) is 0 Å². The van der Waals surface area contributed by atoms with Gasteiger partial charge in [0.1, 0.15) is 11.3 Å². The molecule has 0 fully saturated rings. The smallest absolute Gasteiger partial charge is 0.285 e. The van der Waals surface area contributed by atoms with Gasteiger partial charge in [0.15, 0.2) is 0 Å². The molecule has 0 aliphatic heterocycles. The molecule has 3 N–H and O–H groups in total. The third-order valence-electron chi connectivity index (χ3n) is 2.75. The maximum absolute atomic E-state index is 13.1. The number of carbonyl (C=O) groups is 1. The molecule has 0 unspecified atom stereocenters. The van der Waals surface area contributed by atoms with Gasteiger partial charge in [0.25, 0.3) is 17.5 Å². The Hall–Kier alpha value is -1.65. The Morgan fingerprint density at radius 3 is 2.57 bits per heavy atom. The summed E-state index contributed by atoms with van der Waals surface area (Å²) >= 11 is 1.20. The van der Waals surface area contributed by atoms with Gasteiger partial charge < -0.3 is 15.8 Å². The Morgan fingerprint density at radius 2 is 2.13 bits per heavy atom. The van der Waals surface area contributed by atoms with Gasteiger partial charge in [0.2, 0.25) is 0 Å². The van der Waals surface area contributed by atoms with Crippen molar-refractivity contribution in [3.8, 4) is 5.75 Å². The van der Waals surface area contributed by atoms with E-state index < -0.39 is 35.5 Å². The van der Waals surface area contributed by atoms with Crippen molar-refractivity contribution in [1.29, 1.82) is 0 Å². The summed E-state index contributed by atoms with van der Waals surface area (Å²) in [5, 5.41) is 13.0. The molecule has 0 heterocycles. The molecule has 1 aromatic carbocycles. The quantitative estimate of drug-likeness (QED) is 0.431. The molecule has 0 aliphatic carbocycles. The van der Waals surface area contributed by atoms with Crippen molar-refractivity contribution in [3.05, 3.63) is 27.8 Å². The van der Waals surface area contributed by atoms with Crippen LogP contribution in [0.3, 0.4) is 0 Å². The minimum Gasteiger partial charge on any atom is -0.495 e. The normalized spacial score (nSPS) is 10.7. The van der Waals surface area contributed by atoms with Crippen LogP contribution in [-0.4, -0.2) is 43.2 Å². The van der Waals surface area contributed by atoms with E-state index in [0.717, 1.165) is 6.07 Å². The van der Waals surface area contributed by atoms with Gasteiger partial charge in [-0.15, -0.1) is 24.2 Å². The SMILES string of the molecule is COc1cc([N+](=O)[O-])c(C(=O)NCC(F)(F)CN)cc1SC.Cl. The predicted octanol–water partition coefficient (Wildman–Crippen LogP) is 2.07. The van der Waals surface area contributed by atoms with Gasteiger partial charge in [-0.3, -0.25) is 14.9 Å². The number of alkyl halides is 2. The number of benzene rings is 1. The molecular formula is C12H16ClF2N3O4S. The highest BCUT2D eigenvalue weighted by molar-refractivity contribution is 7.98. The summed E-state index contributed by atoms with van der Waals surface area (Å²) in [5.74, 6) is -4.03. The second kappa shape index (κ2) is 8.85. The zero-order valence-corrected chi connectivity index (χ0v) is 13.9. The molecule has 0 spiro atoms. The summed E-state index contributed by atoms with van der Waals surface area (Å²) in [6.07, 6.45) is 1.69. The number of nitrogens with zero attached hydrogens (tertiary/aromatic N) is 1. The third kappa shape index (κ3) is 5.48. The Morgan fingerprint density at radius 1 is 1.52 bits per heavy atom. The topological polar surface area (TPSA) is 107 Å².